The minimum atomic E-state index is -0.279. The molecule has 0 unspecified atom stereocenters. The third kappa shape index (κ3) is 2.13. The van der Waals surface area contributed by atoms with E-state index in [0.717, 1.165) is 12.8 Å². The second-order valence-corrected chi connectivity index (χ2v) is 5.24. The molecule has 6 nitrogen and oxygen atoms in total. The van der Waals surface area contributed by atoms with E-state index < -0.39 is 0 Å². The maximum absolute atomic E-state index is 12.0. The number of hydrogen-bond donors (Lipinski definition) is 3. The third-order valence-electron chi connectivity index (χ3n) is 4.07. The number of benzene rings is 1. The summed E-state index contributed by atoms with van der Waals surface area (Å²) in [4.78, 5) is 12.0. The lowest BCUT2D eigenvalue weighted by atomic mass is 9.64. The largest absolute Gasteiger partial charge is 0.380 e. The average Bonchev–Trinajstić information content (AvgIpc) is 2.85. The van der Waals surface area contributed by atoms with Crippen molar-refractivity contribution in [1.82, 2.24) is 20.7 Å². The Morgan fingerprint density at radius 3 is 2.60 bits per heavy atom. The zero-order chi connectivity index (χ0) is 14.0. The van der Waals surface area contributed by atoms with E-state index in [9.17, 15) is 4.79 Å². The molecule has 0 radical (unpaired) electrons. The summed E-state index contributed by atoms with van der Waals surface area (Å²) in [5, 5.41) is 12.7. The highest BCUT2D eigenvalue weighted by Crippen LogP contribution is 2.43. The van der Waals surface area contributed by atoms with Crippen LogP contribution in [-0.4, -0.2) is 27.9 Å². The molecule has 2 aromatic rings. The van der Waals surface area contributed by atoms with E-state index in [1.807, 2.05) is 18.2 Å². The van der Waals surface area contributed by atoms with E-state index in [0.29, 0.717) is 6.54 Å². The molecule has 1 aliphatic carbocycles. The Kier molecular flexibility index (Phi) is 3.14. The molecular weight excluding hydrogens is 254 g/mol. The lowest BCUT2D eigenvalue weighted by Crippen LogP contribution is -2.45. The van der Waals surface area contributed by atoms with Gasteiger partial charge < -0.3 is 11.1 Å². The maximum Gasteiger partial charge on any atom is 0.275 e. The SMILES string of the molecule is Nc1n[nH]nc1C(=O)NCC1(c2ccccc2)CCC1. The molecule has 1 saturated carbocycles. The van der Waals surface area contributed by atoms with Gasteiger partial charge in [-0.2, -0.15) is 5.21 Å². The van der Waals surface area contributed by atoms with Crippen molar-refractivity contribution < 1.29 is 4.79 Å². The molecule has 1 fully saturated rings. The molecular formula is C14H17N5O. The first-order valence-corrected chi connectivity index (χ1v) is 6.71. The van der Waals surface area contributed by atoms with Gasteiger partial charge in [0.05, 0.1) is 0 Å². The molecule has 104 valence electrons. The van der Waals surface area contributed by atoms with Crippen molar-refractivity contribution in [2.45, 2.75) is 24.7 Å². The van der Waals surface area contributed by atoms with Crippen molar-refractivity contribution in [3.8, 4) is 0 Å². The minimum Gasteiger partial charge on any atom is -0.380 e. The number of hydrogen-bond acceptors (Lipinski definition) is 4. The fourth-order valence-corrected chi connectivity index (χ4v) is 2.70. The van der Waals surface area contributed by atoms with Gasteiger partial charge in [-0.1, -0.05) is 36.8 Å². The fourth-order valence-electron chi connectivity index (χ4n) is 2.70. The van der Waals surface area contributed by atoms with Crippen LogP contribution >= 0.6 is 0 Å². The van der Waals surface area contributed by atoms with Gasteiger partial charge in [-0.05, 0) is 18.4 Å². The topological polar surface area (TPSA) is 96.7 Å². The van der Waals surface area contributed by atoms with Crippen LogP contribution in [0.1, 0.15) is 35.3 Å². The zero-order valence-electron chi connectivity index (χ0n) is 11.1. The third-order valence-corrected chi connectivity index (χ3v) is 4.07. The van der Waals surface area contributed by atoms with E-state index in [1.54, 1.807) is 0 Å². The molecule has 0 atom stereocenters. The van der Waals surface area contributed by atoms with Crippen LogP contribution in [0.15, 0.2) is 30.3 Å². The highest BCUT2D eigenvalue weighted by atomic mass is 16.2. The second-order valence-electron chi connectivity index (χ2n) is 5.24. The van der Waals surface area contributed by atoms with Crippen molar-refractivity contribution >= 4 is 11.7 Å². The van der Waals surface area contributed by atoms with Gasteiger partial charge in [-0.25, -0.2) is 0 Å². The molecule has 0 saturated heterocycles. The van der Waals surface area contributed by atoms with Crippen molar-refractivity contribution in [3.05, 3.63) is 41.6 Å². The van der Waals surface area contributed by atoms with Gasteiger partial charge in [0.2, 0.25) is 0 Å². The molecule has 0 spiro atoms. The lowest BCUT2D eigenvalue weighted by molar-refractivity contribution is 0.0923. The molecule has 1 aromatic heterocycles. The maximum atomic E-state index is 12.0. The molecule has 4 N–H and O–H groups in total. The van der Waals surface area contributed by atoms with Crippen LogP contribution in [-0.2, 0) is 5.41 Å². The summed E-state index contributed by atoms with van der Waals surface area (Å²) in [7, 11) is 0. The number of aromatic amines is 1. The molecule has 1 aliphatic rings. The number of carbonyl (C=O) groups is 1. The number of carbonyl (C=O) groups excluding carboxylic acids is 1. The smallest absolute Gasteiger partial charge is 0.275 e. The Balaban J connectivity index is 1.71. The van der Waals surface area contributed by atoms with Gasteiger partial charge in [-0.15, -0.1) is 10.2 Å². The Morgan fingerprint density at radius 1 is 1.30 bits per heavy atom. The number of nitrogens with two attached hydrogens (primary N) is 1. The number of nitrogens with one attached hydrogen (secondary N) is 2. The van der Waals surface area contributed by atoms with E-state index >= 15 is 0 Å². The van der Waals surface area contributed by atoms with Crippen LogP contribution in [0.4, 0.5) is 5.82 Å². The van der Waals surface area contributed by atoms with Gasteiger partial charge >= 0.3 is 0 Å². The van der Waals surface area contributed by atoms with E-state index in [-0.39, 0.29) is 22.8 Å². The second kappa shape index (κ2) is 4.96. The summed E-state index contributed by atoms with van der Waals surface area (Å²) < 4.78 is 0. The number of anilines is 1. The van der Waals surface area contributed by atoms with Gasteiger partial charge in [0.1, 0.15) is 0 Å². The minimum absolute atomic E-state index is 0.0510. The quantitative estimate of drug-likeness (QED) is 0.779. The molecule has 3 rings (SSSR count). The van der Waals surface area contributed by atoms with Gasteiger partial charge in [0.15, 0.2) is 11.5 Å². The Hall–Kier alpha value is -2.37. The Labute approximate surface area is 116 Å². The number of H-pyrrole nitrogens is 1. The fraction of sp³-hybridized carbons (Fsp3) is 0.357. The summed E-state index contributed by atoms with van der Waals surface area (Å²) in [6.07, 6.45) is 3.37. The highest BCUT2D eigenvalue weighted by Gasteiger charge is 2.38. The first-order chi connectivity index (χ1) is 9.71. The normalized spacial score (nSPS) is 16.4. The number of amides is 1. The summed E-state index contributed by atoms with van der Waals surface area (Å²) in [6.45, 7) is 0.599. The molecule has 20 heavy (non-hydrogen) atoms. The molecule has 0 aliphatic heterocycles. The van der Waals surface area contributed by atoms with Crippen LogP contribution in [0.3, 0.4) is 0 Å². The van der Waals surface area contributed by atoms with Crippen molar-refractivity contribution in [2.24, 2.45) is 0 Å². The summed E-state index contributed by atoms with van der Waals surface area (Å²) >= 11 is 0. The summed E-state index contributed by atoms with van der Waals surface area (Å²) in [6, 6.07) is 10.3. The van der Waals surface area contributed by atoms with Crippen molar-refractivity contribution in [1.29, 1.82) is 0 Å². The molecule has 1 amide bonds. The van der Waals surface area contributed by atoms with Crippen LogP contribution in [0.5, 0.6) is 0 Å². The Bertz CT molecular complexity index is 603. The number of nitrogens with zero attached hydrogens (tertiary/aromatic N) is 2. The van der Waals surface area contributed by atoms with E-state index in [2.05, 4.69) is 32.9 Å². The van der Waals surface area contributed by atoms with Crippen LogP contribution in [0.2, 0.25) is 0 Å². The summed E-state index contributed by atoms with van der Waals surface area (Å²) in [5.41, 5.74) is 7.06. The van der Waals surface area contributed by atoms with Crippen LogP contribution in [0, 0.1) is 0 Å². The molecule has 1 heterocycles. The highest BCUT2D eigenvalue weighted by molar-refractivity contribution is 5.96. The predicted molar refractivity (Wildman–Crippen MR) is 75.1 cm³/mol. The lowest BCUT2D eigenvalue weighted by Gasteiger charge is -2.42. The van der Waals surface area contributed by atoms with Crippen molar-refractivity contribution in [2.75, 3.05) is 12.3 Å². The molecule has 6 heteroatoms. The predicted octanol–water partition coefficient (Wildman–Crippen LogP) is 1.24. The van der Waals surface area contributed by atoms with Gasteiger partial charge in [0.25, 0.3) is 5.91 Å². The first-order valence-electron chi connectivity index (χ1n) is 6.71. The standard InChI is InChI=1S/C14H17N5O/c15-12-11(17-19-18-12)13(20)16-9-14(7-4-8-14)10-5-2-1-3-6-10/h1-3,5-6H,4,7-9H2,(H,16,20)(H3,15,17,18,19). The zero-order valence-corrected chi connectivity index (χ0v) is 11.1. The van der Waals surface area contributed by atoms with Crippen LogP contribution < -0.4 is 11.1 Å². The Morgan fingerprint density at radius 2 is 2.05 bits per heavy atom. The number of nitrogen functional groups attached to an aromatic ring is 1. The molecule has 0 bridgehead atoms. The van der Waals surface area contributed by atoms with Crippen LogP contribution in [0.25, 0.3) is 0 Å². The number of rotatable bonds is 4. The molecule has 1 aromatic carbocycles. The van der Waals surface area contributed by atoms with E-state index in [1.165, 1.54) is 12.0 Å². The summed E-state index contributed by atoms with van der Waals surface area (Å²) in [5.74, 6) is -0.150. The van der Waals surface area contributed by atoms with Gasteiger partial charge in [-0.3, -0.25) is 4.79 Å². The average molecular weight is 271 g/mol. The van der Waals surface area contributed by atoms with Gasteiger partial charge in [0, 0.05) is 12.0 Å². The van der Waals surface area contributed by atoms with Crippen molar-refractivity contribution in [3.63, 3.8) is 0 Å². The first kappa shape index (κ1) is 12.7. The van der Waals surface area contributed by atoms with E-state index in [4.69, 9.17) is 5.73 Å². The number of aromatic nitrogens is 3. The monoisotopic (exact) mass is 271 g/mol.